The first-order valence-electron chi connectivity index (χ1n) is 3.16. The molecule has 0 amide bonds. The quantitative estimate of drug-likeness (QED) is 0.690. The van der Waals surface area contributed by atoms with Crippen molar-refractivity contribution >= 4 is 72.1 Å². The molecule has 1 nitrogen and oxygen atoms in total. The van der Waals surface area contributed by atoms with Crippen molar-refractivity contribution in [1.82, 2.24) is 0 Å². The van der Waals surface area contributed by atoms with Crippen LogP contribution in [0.4, 0.5) is 0 Å². The molecule has 0 aromatic carbocycles. The molecule has 0 saturated heterocycles. The molecule has 0 aliphatic heterocycles. The van der Waals surface area contributed by atoms with Crippen LogP contribution in [-0.4, -0.2) is 5.24 Å². The summed E-state index contributed by atoms with van der Waals surface area (Å²) in [6, 6.07) is 1.74. The molecule has 0 atom stereocenters. The topological polar surface area (TPSA) is 17.1 Å². The summed E-state index contributed by atoms with van der Waals surface area (Å²) in [5.41, 5.74) is 0. The van der Waals surface area contributed by atoms with Gasteiger partial charge in [-0.15, -0.1) is 22.7 Å². The van der Waals surface area contributed by atoms with Crippen molar-refractivity contribution in [3.63, 3.8) is 0 Å². The predicted molar refractivity (Wildman–Crippen MR) is 59.9 cm³/mol. The van der Waals surface area contributed by atoms with E-state index in [0.29, 0.717) is 14.2 Å². The average molecular weight is 272 g/mol. The monoisotopic (exact) mass is 270 g/mol. The minimum Gasteiger partial charge on any atom is -0.275 e. The van der Waals surface area contributed by atoms with E-state index in [4.69, 9.17) is 34.8 Å². The fourth-order valence-corrected chi connectivity index (χ4v) is 4.21. The Kier molecular flexibility index (Phi) is 2.55. The maximum atomic E-state index is 10.9. The first-order chi connectivity index (χ1) is 6.09. The van der Waals surface area contributed by atoms with Gasteiger partial charge in [0, 0.05) is 5.39 Å². The minimum absolute atomic E-state index is 0.390. The van der Waals surface area contributed by atoms with Gasteiger partial charge in [0.1, 0.15) is 4.88 Å². The molecule has 2 aromatic heterocycles. The molecule has 0 fully saturated rings. The van der Waals surface area contributed by atoms with Crippen LogP contribution < -0.4 is 0 Å². The molecule has 2 aromatic rings. The van der Waals surface area contributed by atoms with Gasteiger partial charge in [0.15, 0.2) is 0 Å². The number of rotatable bonds is 1. The molecule has 0 N–H and O–H groups in total. The summed E-state index contributed by atoms with van der Waals surface area (Å²) in [5, 5.41) is 0.698. The van der Waals surface area contributed by atoms with Gasteiger partial charge in [-0.1, -0.05) is 23.2 Å². The lowest BCUT2D eigenvalue weighted by Gasteiger charge is -1.85. The lowest BCUT2D eigenvalue weighted by atomic mass is 10.4. The lowest BCUT2D eigenvalue weighted by Crippen LogP contribution is -1.81. The van der Waals surface area contributed by atoms with Crippen molar-refractivity contribution in [2.75, 3.05) is 0 Å². The third kappa shape index (κ3) is 1.60. The Morgan fingerprint density at radius 2 is 2.00 bits per heavy atom. The van der Waals surface area contributed by atoms with Crippen molar-refractivity contribution in [2.24, 2.45) is 0 Å². The third-order valence-electron chi connectivity index (χ3n) is 1.48. The molecule has 13 heavy (non-hydrogen) atoms. The number of hydrogen-bond acceptors (Lipinski definition) is 3. The maximum absolute atomic E-state index is 10.9. The number of carbonyl (C=O) groups excluding carboxylic acids is 1. The second kappa shape index (κ2) is 3.41. The van der Waals surface area contributed by atoms with Crippen molar-refractivity contribution in [3.8, 4) is 0 Å². The van der Waals surface area contributed by atoms with Gasteiger partial charge in [0.25, 0.3) is 5.24 Å². The summed E-state index contributed by atoms with van der Waals surface area (Å²) < 4.78 is 1.59. The number of fused-ring (bicyclic) bond motifs is 1. The first kappa shape index (κ1) is 9.74. The average Bonchev–Trinajstić information content (AvgIpc) is 2.51. The first-order valence-corrected chi connectivity index (χ1v) is 5.93. The molecule has 0 aliphatic rings. The highest BCUT2D eigenvalue weighted by molar-refractivity contribution is 7.41. The number of halogens is 3. The summed E-state index contributed by atoms with van der Waals surface area (Å²) in [7, 11) is 0. The van der Waals surface area contributed by atoms with E-state index in [9.17, 15) is 4.79 Å². The van der Waals surface area contributed by atoms with E-state index in [0.717, 1.165) is 9.40 Å². The van der Waals surface area contributed by atoms with E-state index >= 15 is 0 Å². The van der Waals surface area contributed by atoms with Gasteiger partial charge in [-0.05, 0) is 17.7 Å². The standard InChI is InChI=1S/C7HCl3OS2/c8-3-1-2-4(9)5(6(10)11)13-7(2)12-3/h1H. The Morgan fingerprint density at radius 1 is 1.31 bits per heavy atom. The van der Waals surface area contributed by atoms with Crippen molar-refractivity contribution in [1.29, 1.82) is 0 Å². The molecule has 0 saturated carbocycles. The molecule has 2 rings (SSSR count). The van der Waals surface area contributed by atoms with E-state index in [1.54, 1.807) is 6.07 Å². The van der Waals surface area contributed by atoms with Gasteiger partial charge in [0.05, 0.1) is 13.4 Å². The van der Waals surface area contributed by atoms with Crippen LogP contribution in [0.5, 0.6) is 0 Å². The Morgan fingerprint density at radius 3 is 2.54 bits per heavy atom. The summed E-state index contributed by atoms with van der Waals surface area (Å²) in [5.74, 6) is 0. The normalized spacial score (nSPS) is 11.0. The SMILES string of the molecule is O=C(Cl)c1sc2sc(Cl)cc2c1Cl. The molecule has 0 radical (unpaired) electrons. The van der Waals surface area contributed by atoms with Crippen LogP contribution in [0.15, 0.2) is 6.07 Å². The van der Waals surface area contributed by atoms with Crippen LogP contribution in [-0.2, 0) is 0 Å². The summed E-state index contributed by atoms with van der Waals surface area (Å²) in [4.78, 5) is 11.3. The van der Waals surface area contributed by atoms with Gasteiger partial charge in [-0.3, -0.25) is 4.79 Å². The fraction of sp³-hybridized carbons (Fsp3) is 0. The second-order valence-electron chi connectivity index (χ2n) is 2.27. The Balaban J connectivity index is 2.76. The zero-order chi connectivity index (χ0) is 9.59. The van der Waals surface area contributed by atoms with E-state index in [-0.39, 0.29) is 0 Å². The van der Waals surface area contributed by atoms with Gasteiger partial charge in [-0.25, -0.2) is 0 Å². The zero-order valence-corrected chi connectivity index (χ0v) is 9.84. The Bertz CT molecular complexity index is 485. The van der Waals surface area contributed by atoms with Crippen LogP contribution in [0, 0.1) is 0 Å². The number of thiophene rings is 2. The molecule has 0 bridgehead atoms. The van der Waals surface area contributed by atoms with Crippen LogP contribution >= 0.6 is 57.5 Å². The largest absolute Gasteiger partial charge is 0.275 e. The molecular weight excluding hydrogens is 271 g/mol. The van der Waals surface area contributed by atoms with Gasteiger partial charge < -0.3 is 0 Å². The second-order valence-corrected chi connectivity index (χ2v) is 5.95. The third-order valence-corrected chi connectivity index (χ3v) is 4.84. The summed E-state index contributed by atoms with van der Waals surface area (Å²) in [6.07, 6.45) is 0. The summed E-state index contributed by atoms with van der Waals surface area (Å²) >= 11 is 19.7. The zero-order valence-electron chi connectivity index (χ0n) is 5.94. The van der Waals surface area contributed by atoms with Crippen molar-refractivity contribution in [2.45, 2.75) is 0 Å². The van der Waals surface area contributed by atoms with Gasteiger partial charge in [0.2, 0.25) is 0 Å². The number of carbonyl (C=O) groups is 1. The molecule has 0 aliphatic carbocycles. The smallest absolute Gasteiger partial charge is 0.263 e. The lowest BCUT2D eigenvalue weighted by molar-refractivity contribution is 0.108. The van der Waals surface area contributed by atoms with E-state index < -0.39 is 5.24 Å². The van der Waals surface area contributed by atoms with Crippen LogP contribution in [0.25, 0.3) is 9.40 Å². The van der Waals surface area contributed by atoms with Crippen molar-refractivity contribution < 1.29 is 4.79 Å². The molecule has 68 valence electrons. The highest BCUT2D eigenvalue weighted by atomic mass is 35.5. The number of hydrogen-bond donors (Lipinski definition) is 0. The maximum Gasteiger partial charge on any atom is 0.263 e. The van der Waals surface area contributed by atoms with E-state index in [2.05, 4.69) is 0 Å². The van der Waals surface area contributed by atoms with Crippen LogP contribution in [0.3, 0.4) is 0 Å². The predicted octanol–water partition coefficient (Wildman–Crippen LogP) is 4.65. The Labute approximate surface area is 96.8 Å². The van der Waals surface area contributed by atoms with Crippen LogP contribution in [0.2, 0.25) is 9.36 Å². The molecule has 0 unspecified atom stereocenters. The van der Waals surface area contributed by atoms with E-state index in [1.165, 1.54) is 22.7 Å². The van der Waals surface area contributed by atoms with Gasteiger partial charge in [-0.2, -0.15) is 0 Å². The Hall–Kier alpha value is 0.200. The highest BCUT2D eigenvalue weighted by Gasteiger charge is 2.17. The van der Waals surface area contributed by atoms with Crippen molar-refractivity contribution in [3.05, 3.63) is 20.3 Å². The highest BCUT2D eigenvalue weighted by Crippen LogP contribution is 2.42. The van der Waals surface area contributed by atoms with E-state index in [1.807, 2.05) is 0 Å². The molecule has 2 heterocycles. The van der Waals surface area contributed by atoms with Gasteiger partial charge >= 0.3 is 0 Å². The molecule has 6 heteroatoms. The molecule has 0 spiro atoms. The van der Waals surface area contributed by atoms with Crippen LogP contribution in [0.1, 0.15) is 9.67 Å². The fourth-order valence-electron chi connectivity index (χ4n) is 0.960. The summed E-state index contributed by atoms with van der Waals surface area (Å²) in [6.45, 7) is 0. The molecular formula is C7HCl3OS2. The minimum atomic E-state index is -0.519.